The minimum absolute atomic E-state index is 0.102. The first-order valence-corrected chi connectivity index (χ1v) is 9.82. The molecule has 2 aromatic carbocycles. The summed E-state index contributed by atoms with van der Waals surface area (Å²) in [5, 5.41) is 2.35. The summed E-state index contributed by atoms with van der Waals surface area (Å²) in [5.41, 5.74) is 5.26. The number of alkyl halides is 3. The fourth-order valence-electron chi connectivity index (χ4n) is 4.15. The standard InChI is InChI=1S/C22H25F3N4O2/c1-28(2)17-12-18(21(26)31)29(20(17)14-8-4-3-5-9-14)13-19(30)27-16-11-7-6-10-15(16)22(23,24)25/h3-11,17-18,20H,12-13H2,1-2H3,(H2,26,31)(H,27,30)/t17-,18+,20+/m1/s1. The number of carbonyl (C=O) groups excluding carboxylic acids is 2. The van der Waals surface area contributed by atoms with Gasteiger partial charge in [0.1, 0.15) is 0 Å². The Morgan fingerprint density at radius 1 is 1.10 bits per heavy atom. The van der Waals surface area contributed by atoms with Crippen molar-refractivity contribution in [3.8, 4) is 0 Å². The zero-order valence-electron chi connectivity index (χ0n) is 17.3. The Kier molecular flexibility index (Phi) is 6.66. The number of hydrogen-bond acceptors (Lipinski definition) is 4. The lowest BCUT2D eigenvalue weighted by atomic mass is 9.99. The fraction of sp³-hybridized carbons (Fsp3) is 0.364. The van der Waals surface area contributed by atoms with Crippen LogP contribution in [0.5, 0.6) is 0 Å². The van der Waals surface area contributed by atoms with Crippen LogP contribution in [0.4, 0.5) is 18.9 Å². The molecule has 1 aliphatic heterocycles. The average molecular weight is 434 g/mol. The van der Waals surface area contributed by atoms with Crippen LogP contribution in [0, 0.1) is 0 Å². The summed E-state index contributed by atoms with van der Waals surface area (Å²) >= 11 is 0. The predicted octanol–water partition coefficient (Wildman–Crippen LogP) is 2.88. The van der Waals surface area contributed by atoms with Crippen LogP contribution in [-0.2, 0) is 15.8 Å². The van der Waals surface area contributed by atoms with Crippen LogP contribution in [0.25, 0.3) is 0 Å². The molecular formula is C22H25F3N4O2. The van der Waals surface area contributed by atoms with Crippen molar-refractivity contribution in [2.45, 2.75) is 30.7 Å². The number of amides is 2. The summed E-state index contributed by atoms with van der Waals surface area (Å²) in [5.74, 6) is -1.22. The predicted molar refractivity (Wildman–Crippen MR) is 111 cm³/mol. The van der Waals surface area contributed by atoms with Crippen LogP contribution in [0.15, 0.2) is 54.6 Å². The maximum Gasteiger partial charge on any atom is 0.418 e. The van der Waals surface area contributed by atoms with Crippen molar-refractivity contribution in [3.05, 3.63) is 65.7 Å². The summed E-state index contributed by atoms with van der Waals surface area (Å²) < 4.78 is 39.8. The highest BCUT2D eigenvalue weighted by atomic mass is 19.4. The van der Waals surface area contributed by atoms with Gasteiger partial charge in [0.15, 0.2) is 0 Å². The number of benzene rings is 2. The number of nitrogens with two attached hydrogens (primary N) is 1. The SMILES string of the molecule is CN(C)[C@@H]1C[C@@H](C(N)=O)N(CC(=O)Nc2ccccc2C(F)(F)F)[C@H]1c1ccccc1. The van der Waals surface area contributed by atoms with E-state index in [2.05, 4.69) is 5.32 Å². The molecular weight excluding hydrogens is 409 g/mol. The van der Waals surface area contributed by atoms with E-state index in [4.69, 9.17) is 5.73 Å². The molecule has 1 heterocycles. The first kappa shape index (κ1) is 22.8. The summed E-state index contributed by atoms with van der Waals surface area (Å²) in [6, 6.07) is 13.0. The average Bonchev–Trinajstić information content (AvgIpc) is 3.08. The number of nitrogens with one attached hydrogen (secondary N) is 1. The fourth-order valence-corrected chi connectivity index (χ4v) is 4.15. The summed E-state index contributed by atoms with van der Waals surface area (Å²) in [4.78, 5) is 28.6. The van der Waals surface area contributed by atoms with Gasteiger partial charge in [-0.1, -0.05) is 42.5 Å². The van der Waals surface area contributed by atoms with E-state index in [1.54, 1.807) is 4.90 Å². The molecule has 0 spiro atoms. The van der Waals surface area contributed by atoms with Crippen molar-refractivity contribution >= 4 is 17.5 Å². The number of likely N-dealkylation sites (N-methyl/N-ethyl adjacent to an activating group) is 1. The maximum atomic E-state index is 13.3. The molecule has 0 aliphatic carbocycles. The number of hydrogen-bond donors (Lipinski definition) is 2. The molecule has 2 amide bonds. The highest BCUT2D eigenvalue weighted by Crippen LogP contribution is 2.39. The van der Waals surface area contributed by atoms with Crippen LogP contribution in [0.3, 0.4) is 0 Å². The Morgan fingerprint density at radius 2 is 1.71 bits per heavy atom. The van der Waals surface area contributed by atoms with E-state index in [9.17, 15) is 22.8 Å². The van der Waals surface area contributed by atoms with Crippen molar-refractivity contribution in [2.24, 2.45) is 5.73 Å². The molecule has 1 saturated heterocycles. The van der Waals surface area contributed by atoms with Gasteiger partial charge >= 0.3 is 6.18 Å². The van der Waals surface area contributed by atoms with Crippen LogP contribution in [0.2, 0.25) is 0 Å². The van der Waals surface area contributed by atoms with E-state index in [1.807, 2.05) is 49.3 Å². The van der Waals surface area contributed by atoms with Crippen molar-refractivity contribution in [1.82, 2.24) is 9.80 Å². The molecule has 0 radical (unpaired) electrons. The van der Waals surface area contributed by atoms with E-state index in [1.165, 1.54) is 18.2 Å². The minimum Gasteiger partial charge on any atom is -0.368 e. The molecule has 1 fully saturated rings. The van der Waals surface area contributed by atoms with Crippen LogP contribution >= 0.6 is 0 Å². The monoisotopic (exact) mass is 434 g/mol. The molecule has 2 aromatic rings. The number of carbonyl (C=O) groups is 2. The van der Waals surface area contributed by atoms with Gasteiger partial charge in [-0.2, -0.15) is 13.2 Å². The van der Waals surface area contributed by atoms with Crippen molar-refractivity contribution in [1.29, 1.82) is 0 Å². The van der Waals surface area contributed by atoms with Crippen molar-refractivity contribution in [3.63, 3.8) is 0 Å². The lowest BCUT2D eigenvalue weighted by Crippen LogP contribution is -2.45. The molecule has 0 saturated carbocycles. The van der Waals surface area contributed by atoms with Gasteiger partial charge in [-0.15, -0.1) is 0 Å². The summed E-state index contributed by atoms with van der Waals surface area (Å²) in [6.45, 7) is -0.274. The van der Waals surface area contributed by atoms with Gasteiger partial charge in [0.25, 0.3) is 0 Å². The van der Waals surface area contributed by atoms with Gasteiger partial charge in [-0.05, 0) is 38.2 Å². The Morgan fingerprint density at radius 3 is 2.29 bits per heavy atom. The molecule has 166 valence electrons. The first-order valence-electron chi connectivity index (χ1n) is 9.82. The third-order valence-electron chi connectivity index (χ3n) is 5.55. The van der Waals surface area contributed by atoms with E-state index < -0.39 is 29.6 Å². The van der Waals surface area contributed by atoms with E-state index in [0.29, 0.717) is 6.42 Å². The van der Waals surface area contributed by atoms with Gasteiger partial charge < -0.3 is 16.0 Å². The smallest absolute Gasteiger partial charge is 0.368 e. The molecule has 9 heteroatoms. The minimum atomic E-state index is -4.60. The van der Waals surface area contributed by atoms with Gasteiger partial charge in [0, 0.05) is 6.04 Å². The van der Waals surface area contributed by atoms with E-state index >= 15 is 0 Å². The van der Waals surface area contributed by atoms with E-state index in [0.717, 1.165) is 11.6 Å². The normalized spacial score (nSPS) is 21.9. The van der Waals surface area contributed by atoms with Crippen LogP contribution < -0.4 is 11.1 Å². The molecule has 3 rings (SSSR count). The Bertz CT molecular complexity index is 934. The Balaban J connectivity index is 1.89. The quantitative estimate of drug-likeness (QED) is 0.733. The molecule has 0 unspecified atom stereocenters. The Hall–Kier alpha value is -2.91. The lowest BCUT2D eigenvalue weighted by Gasteiger charge is -2.32. The van der Waals surface area contributed by atoms with Crippen molar-refractivity contribution in [2.75, 3.05) is 26.0 Å². The van der Waals surface area contributed by atoms with Crippen LogP contribution in [-0.4, -0.2) is 54.3 Å². The summed E-state index contributed by atoms with van der Waals surface area (Å²) in [6.07, 6.45) is -4.19. The number of rotatable bonds is 6. The number of primary amides is 1. The number of halogens is 3. The second kappa shape index (κ2) is 9.07. The van der Waals surface area contributed by atoms with Gasteiger partial charge in [-0.25, -0.2) is 0 Å². The van der Waals surface area contributed by atoms with Gasteiger partial charge in [0.05, 0.1) is 29.9 Å². The zero-order chi connectivity index (χ0) is 22.8. The molecule has 3 N–H and O–H groups in total. The zero-order valence-corrected chi connectivity index (χ0v) is 17.3. The topological polar surface area (TPSA) is 78.7 Å². The molecule has 3 atom stereocenters. The third-order valence-corrected chi connectivity index (χ3v) is 5.55. The van der Waals surface area contributed by atoms with Crippen molar-refractivity contribution < 1.29 is 22.8 Å². The number of nitrogens with zero attached hydrogens (tertiary/aromatic N) is 2. The first-order chi connectivity index (χ1) is 14.6. The second-order valence-corrected chi connectivity index (χ2v) is 7.80. The molecule has 0 aromatic heterocycles. The summed E-state index contributed by atoms with van der Waals surface area (Å²) in [7, 11) is 3.75. The molecule has 0 bridgehead atoms. The van der Waals surface area contributed by atoms with Crippen LogP contribution in [0.1, 0.15) is 23.6 Å². The number of likely N-dealkylation sites (tertiary alicyclic amines) is 1. The number of anilines is 1. The maximum absolute atomic E-state index is 13.3. The number of para-hydroxylation sites is 1. The largest absolute Gasteiger partial charge is 0.418 e. The van der Waals surface area contributed by atoms with Gasteiger partial charge in [0.2, 0.25) is 11.8 Å². The third kappa shape index (κ3) is 5.05. The molecule has 31 heavy (non-hydrogen) atoms. The molecule has 1 aliphatic rings. The molecule has 6 nitrogen and oxygen atoms in total. The second-order valence-electron chi connectivity index (χ2n) is 7.80. The highest BCUT2D eigenvalue weighted by molar-refractivity contribution is 5.93. The lowest BCUT2D eigenvalue weighted by molar-refractivity contribution is -0.137. The van der Waals surface area contributed by atoms with E-state index in [-0.39, 0.29) is 24.3 Å². The van der Waals surface area contributed by atoms with Gasteiger partial charge in [-0.3, -0.25) is 14.5 Å². The highest BCUT2D eigenvalue weighted by Gasteiger charge is 2.46. The Labute approximate surface area is 178 Å².